The minimum atomic E-state index is 0.208. The van der Waals surface area contributed by atoms with Crippen molar-refractivity contribution < 1.29 is 4.74 Å². The van der Waals surface area contributed by atoms with Crippen molar-refractivity contribution >= 4 is 11.6 Å². The third-order valence-corrected chi connectivity index (χ3v) is 4.00. The lowest BCUT2D eigenvalue weighted by Gasteiger charge is -2.32. The van der Waals surface area contributed by atoms with Gasteiger partial charge in [-0.15, -0.1) is 0 Å². The molecule has 0 aromatic heterocycles. The topological polar surface area (TPSA) is 21.3 Å². The molecule has 0 bridgehead atoms. The van der Waals surface area contributed by atoms with E-state index < -0.39 is 0 Å². The van der Waals surface area contributed by atoms with Gasteiger partial charge in [0.2, 0.25) is 0 Å². The fourth-order valence-corrected chi connectivity index (χ4v) is 2.82. The minimum absolute atomic E-state index is 0.208. The molecule has 3 heteroatoms. The number of nitrogens with one attached hydrogen (secondary N) is 1. The molecule has 2 atom stereocenters. The molecule has 1 N–H and O–H groups in total. The molecule has 0 spiro atoms. The largest absolute Gasteiger partial charge is 0.490 e. The molecule has 1 aliphatic rings. The van der Waals surface area contributed by atoms with Gasteiger partial charge in [0.15, 0.2) is 0 Å². The van der Waals surface area contributed by atoms with Gasteiger partial charge >= 0.3 is 0 Å². The minimum Gasteiger partial charge on any atom is -0.490 e. The number of hydrogen-bond donors (Lipinski definition) is 1. The Morgan fingerprint density at radius 1 is 1.00 bits per heavy atom. The number of benzene rings is 2. The van der Waals surface area contributed by atoms with E-state index in [1.807, 2.05) is 24.3 Å². The van der Waals surface area contributed by atoms with Crippen LogP contribution in [-0.2, 0) is 0 Å². The molecule has 1 heterocycles. The molecule has 1 aliphatic heterocycles. The summed E-state index contributed by atoms with van der Waals surface area (Å²) in [5.41, 5.74) is 1.33. The van der Waals surface area contributed by atoms with Gasteiger partial charge in [0, 0.05) is 17.5 Å². The summed E-state index contributed by atoms with van der Waals surface area (Å²) < 4.78 is 6.18. The lowest BCUT2D eigenvalue weighted by molar-refractivity contribution is 0.138. The monoisotopic (exact) mass is 287 g/mol. The molecule has 0 radical (unpaired) electrons. The highest BCUT2D eigenvalue weighted by Crippen LogP contribution is 2.28. The van der Waals surface area contributed by atoms with E-state index in [9.17, 15) is 0 Å². The predicted molar refractivity (Wildman–Crippen MR) is 82.5 cm³/mol. The molecule has 0 aliphatic carbocycles. The molecule has 104 valence electrons. The third-order valence-electron chi connectivity index (χ3n) is 3.75. The lowest BCUT2D eigenvalue weighted by Crippen LogP contribution is -2.41. The number of piperidine rings is 1. The number of hydrogen-bond acceptors (Lipinski definition) is 2. The molecule has 2 unspecified atom stereocenters. The first-order valence-corrected chi connectivity index (χ1v) is 7.38. The second-order valence-electron chi connectivity index (χ2n) is 5.12. The van der Waals surface area contributed by atoms with Crippen molar-refractivity contribution in [2.24, 2.45) is 0 Å². The summed E-state index contributed by atoms with van der Waals surface area (Å²) in [6, 6.07) is 18.2. The van der Waals surface area contributed by atoms with Crippen LogP contribution in [0.3, 0.4) is 0 Å². The highest BCUT2D eigenvalue weighted by molar-refractivity contribution is 6.30. The van der Waals surface area contributed by atoms with Crippen LogP contribution in [0.1, 0.15) is 17.9 Å². The van der Waals surface area contributed by atoms with Crippen molar-refractivity contribution in [1.29, 1.82) is 0 Å². The average Bonchev–Trinajstić information content (AvgIpc) is 2.51. The van der Waals surface area contributed by atoms with E-state index in [0.717, 1.165) is 30.3 Å². The number of rotatable bonds is 3. The molecule has 1 saturated heterocycles. The first-order chi connectivity index (χ1) is 9.83. The Morgan fingerprint density at radius 2 is 1.75 bits per heavy atom. The molecular weight excluding hydrogens is 270 g/mol. The van der Waals surface area contributed by atoms with E-state index in [2.05, 4.69) is 35.6 Å². The number of halogens is 1. The first kappa shape index (κ1) is 13.5. The van der Waals surface area contributed by atoms with E-state index in [0.29, 0.717) is 5.92 Å². The highest BCUT2D eigenvalue weighted by Gasteiger charge is 2.27. The van der Waals surface area contributed by atoms with Gasteiger partial charge in [0.25, 0.3) is 0 Å². The van der Waals surface area contributed by atoms with Gasteiger partial charge in [-0.1, -0.05) is 41.9 Å². The zero-order chi connectivity index (χ0) is 13.8. The highest BCUT2D eigenvalue weighted by atomic mass is 35.5. The summed E-state index contributed by atoms with van der Waals surface area (Å²) in [6.07, 6.45) is 1.22. The smallest absolute Gasteiger partial charge is 0.119 e. The first-order valence-electron chi connectivity index (χ1n) is 7.01. The van der Waals surface area contributed by atoms with Crippen molar-refractivity contribution in [2.75, 3.05) is 13.1 Å². The van der Waals surface area contributed by atoms with Crippen LogP contribution in [-0.4, -0.2) is 19.2 Å². The maximum absolute atomic E-state index is 6.18. The zero-order valence-electron chi connectivity index (χ0n) is 11.3. The van der Waals surface area contributed by atoms with Crippen molar-refractivity contribution in [3.05, 3.63) is 65.2 Å². The molecule has 0 saturated carbocycles. The van der Waals surface area contributed by atoms with Crippen molar-refractivity contribution in [2.45, 2.75) is 18.4 Å². The van der Waals surface area contributed by atoms with Crippen LogP contribution >= 0.6 is 11.6 Å². The van der Waals surface area contributed by atoms with Gasteiger partial charge in [-0.2, -0.15) is 0 Å². The third kappa shape index (κ3) is 3.14. The van der Waals surface area contributed by atoms with E-state index in [1.165, 1.54) is 5.56 Å². The average molecular weight is 288 g/mol. The van der Waals surface area contributed by atoms with Gasteiger partial charge < -0.3 is 10.1 Å². The van der Waals surface area contributed by atoms with E-state index in [4.69, 9.17) is 16.3 Å². The second-order valence-corrected chi connectivity index (χ2v) is 5.56. The standard InChI is InChI=1S/C17H18ClNO/c18-14-6-8-15(9-7-14)20-17-10-11-19-12-16(17)13-4-2-1-3-5-13/h1-9,16-17,19H,10-12H2. The van der Waals surface area contributed by atoms with Crippen LogP contribution < -0.4 is 10.1 Å². The molecule has 2 aromatic rings. The lowest BCUT2D eigenvalue weighted by atomic mass is 9.89. The van der Waals surface area contributed by atoms with Crippen LogP contribution in [0.4, 0.5) is 0 Å². The van der Waals surface area contributed by atoms with Gasteiger partial charge in [0.05, 0.1) is 0 Å². The summed E-state index contributed by atoms with van der Waals surface area (Å²) in [5, 5.41) is 4.20. The molecule has 2 nitrogen and oxygen atoms in total. The summed E-state index contributed by atoms with van der Waals surface area (Å²) in [4.78, 5) is 0. The molecular formula is C17H18ClNO. The van der Waals surface area contributed by atoms with Gasteiger partial charge in [-0.3, -0.25) is 0 Å². The molecule has 20 heavy (non-hydrogen) atoms. The Hall–Kier alpha value is -1.51. The van der Waals surface area contributed by atoms with Crippen molar-refractivity contribution in [3.63, 3.8) is 0 Å². The van der Waals surface area contributed by atoms with Crippen LogP contribution in [0.15, 0.2) is 54.6 Å². The molecule has 0 amide bonds. The fraction of sp³-hybridized carbons (Fsp3) is 0.294. The van der Waals surface area contributed by atoms with Gasteiger partial charge in [0.1, 0.15) is 11.9 Å². The molecule has 2 aromatic carbocycles. The Kier molecular flexibility index (Phi) is 4.24. The normalized spacial score (nSPS) is 22.4. The SMILES string of the molecule is Clc1ccc(OC2CCNCC2c2ccccc2)cc1. The summed E-state index contributed by atoms with van der Waals surface area (Å²) in [5.74, 6) is 1.28. The Morgan fingerprint density at radius 3 is 2.50 bits per heavy atom. The van der Waals surface area contributed by atoms with Crippen molar-refractivity contribution in [3.8, 4) is 5.75 Å². The van der Waals surface area contributed by atoms with Crippen LogP contribution in [0.5, 0.6) is 5.75 Å². The summed E-state index contributed by atoms with van der Waals surface area (Å²) in [7, 11) is 0. The maximum Gasteiger partial charge on any atom is 0.119 e. The fourth-order valence-electron chi connectivity index (χ4n) is 2.70. The van der Waals surface area contributed by atoms with Crippen LogP contribution in [0.2, 0.25) is 5.02 Å². The Bertz CT molecular complexity index is 541. The zero-order valence-corrected chi connectivity index (χ0v) is 12.0. The summed E-state index contributed by atoms with van der Waals surface area (Å²) in [6.45, 7) is 1.96. The van der Waals surface area contributed by atoms with E-state index >= 15 is 0 Å². The summed E-state index contributed by atoms with van der Waals surface area (Å²) >= 11 is 5.91. The van der Waals surface area contributed by atoms with Gasteiger partial charge in [-0.05, 0) is 42.8 Å². The van der Waals surface area contributed by atoms with Crippen LogP contribution in [0, 0.1) is 0 Å². The molecule has 3 rings (SSSR count). The van der Waals surface area contributed by atoms with Gasteiger partial charge in [-0.25, -0.2) is 0 Å². The predicted octanol–water partition coefficient (Wildman–Crippen LogP) is 3.86. The Balaban J connectivity index is 1.77. The quantitative estimate of drug-likeness (QED) is 0.925. The number of ether oxygens (including phenoxy) is 1. The van der Waals surface area contributed by atoms with Crippen LogP contribution in [0.25, 0.3) is 0 Å². The molecule has 1 fully saturated rings. The second kappa shape index (κ2) is 6.29. The van der Waals surface area contributed by atoms with E-state index in [1.54, 1.807) is 0 Å². The van der Waals surface area contributed by atoms with Crippen molar-refractivity contribution in [1.82, 2.24) is 5.32 Å². The van der Waals surface area contributed by atoms with E-state index in [-0.39, 0.29) is 6.10 Å². The maximum atomic E-state index is 6.18. The Labute approximate surface area is 124 Å².